The molecule has 22 heavy (non-hydrogen) atoms. The minimum Gasteiger partial charge on any atom is -0.379 e. The highest BCUT2D eigenvalue weighted by atomic mass is 35.5. The third-order valence-electron chi connectivity index (χ3n) is 3.89. The van der Waals surface area contributed by atoms with Gasteiger partial charge in [-0.3, -0.25) is 4.79 Å². The molecule has 0 aliphatic carbocycles. The number of benzene rings is 1. The highest BCUT2D eigenvalue weighted by Crippen LogP contribution is 2.30. The average molecular weight is 320 g/mol. The summed E-state index contributed by atoms with van der Waals surface area (Å²) in [6.45, 7) is 0.674. The zero-order valence-electron chi connectivity index (χ0n) is 12.3. The van der Waals surface area contributed by atoms with Crippen LogP contribution in [0.5, 0.6) is 0 Å². The molecule has 2 heterocycles. The Balaban J connectivity index is 1.73. The Morgan fingerprint density at radius 3 is 2.91 bits per heavy atom. The Morgan fingerprint density at radius 2 is 2.14 bits per heavy atom. The van der Waals surface area contributed by atoms with E-state index in [1.807, 2.05) is 18.2 Å². The average Bonchev–Trinajstić information content (AvgIpc) is 2.57. The molecule has 1 saturated heterocycles. The minimum atomic E-state index is -0.293. The van der Waals surface area contributed by atoms with Crippen LogP contribution in [-0.2, 0) is 11.8 Å². The summed E-state index contributed by atoms with van der Waals surface area (Å²) in [6, 6.07) is 10.4. The Labute approximate surface area is 133 Å². The Morgan fingerprint density at radius 1 is 1.36 bits per heavy atom. The minimum absolute atomic E-state index is 0.0609. The molecule has 2 atom stereocenters. The Kier molecular flexibility index (Phi) is 4.45. The van der Waals surface area contributed by atoms with E-state index in [0.717, 1.165) is 12.8 Å². The topological polar surface area (TPSA) is 56.1 Å². The highest BCUT2D eigenvalue weighted by molar-refractivity contribution is 6.32. The van der Waals surface area contributed by atoms with E-state index in [9.17, 15) is 4.79 Å². The standard InChI is InChI=1S/C16H18ClN3O2/c1-20-16(21)15(17)13(10-18-20)19-12-7-8-22-14(9-12)11-5-3-2-4-6-11/h2-6,10,12,14,19H,7-9H2,1H3. The molecule has 1 aliphatic heterocycles. The fourth-order valence-electron chi connectivity index (χ4n) is 2.66. The first-order valence-electron chi connectivity index (χ1n) is 7.30. The largest absolute Gasteiger partial charge is 0.379 e. The van der Waals surface area contributed by atoms with Crippen LogP contribution in [-0.4, -0.2) is 22.4 Å². The summed E-state index contributed by atoms with van der Waals surface area (Å²) in [5.74, 6) is 0. The quantitative estimate of drug-likeness (QED) is 0.945. The maximum Gasteiger partial charge on any atom is 0.287 e. The lowest BCUT2D eigenvalue weighted by Gasteiger charge is -2.31. The predicted octanol–water partition coefficient (Wildman–Crippen LogP) is 2.77. The monoisotopic (exact) mass is 319 g/mol. The van der Waals surface area contributed by atoms with Crippen molar-refractivity contribution in [2.75, 3.05) is 11.9 Å². The van der Waals surface area contributed by atoms with Gasteiger partial charge < -0.3 is 10.1 Å². The van der Waals surface area contributed by atoms with E-state index in [1.165, 1.54) is 10.2 Å². The van der Waals surface area contributed by atoms with Crippen LogP contribution >= 0.6 is 11.6 Å². The molecule has 6 heteroatoms. The molecule has 0 spiro atoms. The van der Waals surface area contributed by atoms with Gasteiger partial charge in [-0.1, -0.05) is 41.9 Å². The SMILES string of the molecule is Cn1ncc(NC2CCOC(c3ccccc3)C2)c(Cl)c1=O. The lowest BCUT2D eigenvalue weighted by molar-refractivity contribution is 0.00979. The molecular formula is C16H18ClN3O2. The van der Waals surface area contributed by atoms with E-state index in [-0.39, 0.29) is 22.7 Å². The number of nitrogens with zero attached hydrogens (tertiary/aromatic N) is 2. The van der Waals surface area contributed by atoms with E-state index in [4.69, 9.17) is 16.3 Å². The smallest absolute Gasteiger partial charge is 0.287 e. The van der Waals surface area contributed by atoms with Crippen LogP contribution in [0.2, 0.25) is 5.02 Å². The lowest BCUT2D eigenvalue weighted by atomic mass is 9.97. The van der Waals surface area contributed by atoms with Gasteiger partial charge in [0.05, 0.1) is 18.0 Å². The number of aryl methyl sites for hydroxylation is 1. The molecule has 5 nitrogen and oxygen atoms in total. The maximum atomic E-state index is 11.8. The molecule has 1 aromatic heterocycles. The third-order valence-corrected chi connectivity index (χ3v) is 4.26. The van der Waals surface area contributed by atoms with Crippen molar-refractivity contribution in [2.45, 2.75) is 25.0 Å². The first-order valence-corrected chi connectivity index (χ1v) is 7.68. The van der Waals surface area contributed by atoms with Gasteiger partial charge in [-0.05, 0) is 18.4 Å². The molecule has 3 rings (SSSR count). The van der Waals surface area contributed by atoms with Crippen molar-refractivity contribution in [2.24, 2.45) is 7.05 Å². The normalized spacial score (nSPS) is 21.5. The van der Waals surface area contributed by atoms with Crippen molar-refractivity contribution in [3.05, 3.63) is 57.5 Å². The molecule has 1 N–H and O–H groups in total. The first kappa shape index (κ1) is 15.1. The first-order chi connectivity index (χ1) is 10.6. The van der Waals surface area contributed by atoms with Crippen molar-refractivity contribution in [1.82, 2.24) is 9.78 Å². The zero-order valence-corrected chi connectivity index (χ0v) is 13.1. The van der Waals surface area contributed by atoms with Crippen molar-refractivity contribution < 1.29 is 4.74 Å². The second kappa shape index (κ2) is 6.50. The summed E-state index contributed by atoms with van der Waals surface area (Å²) < 4.78 is 7.08. The summed E-state index contributed by atoms with van der Waals surface area (Å²) in [7, 11) is 1.58. The number of hydrogen-bond acceptors (Lipinski definition) is 4. The van der Waals surface area contributed by atoms with Crippen molar-refractivity contribution >= 4 is 17.3 Å². The van der Waals surface area contributed by atoms with Gasteiger partial charge in [0.1, 0.15) is 5.02 Å². The molecular weight excluding hydrogens is 302 g/mol. The van der Waals surface area contributed by atoms with Gasteiger partial charge in [-0.2, -0.15) is 5.10 Å². The second-order valence-electron chi connectivity index (χ2n) is 5.44. The molecule has 0 bridgehead atoms. The van der Waals surface area contributed by atoms with Gasteiger partial charge in [0.25, 0.3) is 5.56 Å². The van der Waals surface area contributed by atoms with Crippen LogP contribution < -0.4 is 10.9 Å². The van der Waals surface area contributed by atoms with Gasteiger partial charge in [-0.15, -0.1) is 0 Å². The summed E-state index contributed by atoms with van der Waals surface area (Å²) in [4.78, 5) is 11.8. The van der Waals surface area contributed by atoms with E-state index in [0.29, 0.717) is 12.3 Å². The number of hydrogen-bond donors (Lipinski definition) is 1. The second-order valence-corrected chi connectivity index (χ2v) is 5.81. The summed E-state index contributed by atoms with van der Waals surface area (Å²) in [6.07, 6.45) is 3.35. The molecule has 1 fully saturated rings. The number of ether oxygens (including phenoxy) is 1. The predicted molar refractivity (Wildman–Crippen MR) is 86.3 cm³/mol. The molecule has 1 aromatic carbocycles. The van der Waals surface area contributed by atoms with Crippen LogP contribution in [0.3, 0.4) is 0 Å². The van der Waals surface area contributed by atoms with E-state index < -0.39 is 0 Å². The van der Waals surface area contributed by atoms with Crippen molar-refractivity contribution in [3.8, 4) is 0 Å². The van der Waals surface area contributed by atoms with Gasteiger partial charge in [-0.25, -0.2) is 4.68 Å². The maximum absolute atomic E-state index is 11.8. The van der Waals surface area contributed by atoms with Gasteiger partial charge >= 0.3 is 0 Å². The highest BCUT2D eigenvalue weighted by Gasteiger charge is 2.24. The molecule has 2 unspecified atom stereocenters. The fraction of sp³-hybridized carbons (Fsp3) is 0.375. The van der Waals surface area contributed by atoms with Gasteiger partial charge in [0, 0.05) is 19.7 Å². The summed E-state index contributed by atoms with van der Waals surface area (Å²) >= 11 is 6.10. The van der Waals surface area contributed by atoms with Crippen LogP contribution in [0, 0.1) is 0 Å². The molecule has 0 radical (unpaired) electrons. The number of aromatic nitrogens is 2. The summed E-state index contributed by atoms with van der Waals surface area (Å²) in [5.41, 5.74) is 1.46. The fourth-order valence-corrected chi connectivity index (χ4v) is 2.88. The van der Waals surface area contributed by atoms with E-state index in [1.54, 1.807) is 13.2 Å². The third kappa shape index (κ3) is 3.15. The number of nitrogens with one attached hydrogen (secondary N) is 1. The van der Waals surface area contributed by atoms with Crippen LogP contribution in [0.4, 0.5) is 5.69 Å². The molecule has 1 aliphatic rings. The molecule has 2 aromatic rings. The van der Waals surface area contributed by atoms with Gasteiger partial charge in [0.2, 0.25) is 0 Å². The van der Waals surface area contributed by atoms with Gasteiger partial charge in [0.15, 0.2) is 0 Å². The molecule has 0 amide bonds. The number of anilines is 1. The summed E-state index contributed by atoms with van der Waals surface area (Å²) in [5, 5.41) is 7.52. The van der Waals surface area contributed by atoms with E-state index in [2.05, 4.69) is 22.5 Å². The van der Waals surface area contributed by atoms with Crippen LogP contribution in [0.1, 0.15) is 24.5 Å². The molecule has 0 saturated carbocycles. The van der Waals surface area contributed by atoms with E-state index >= 15 is 0 Å². The Bertz CT molecular complexity index is 702. The van der Waals surface area contributed by atoms with Crippen LogP contribution in [0.25, 0.3) is 0 Å². The molecule has 116 valence electrons. The van der Waals surface area contributed by atoms with Crippen molar-refractivity contribution in [3.63, 3.8) is 0 Å². The Hall–Kier alpha value is -1.85. The van der Waals surface area contributed by atoms with Crippen LogP contribution in [0.15, 0.2) is 41.3 Å². The lowest BCUT2D eigenvalue weighted by Crippen LogP contribution is -2.31. The van der Waals surface area contributed by atoms with Crippen molar-refractivity contribution in [1.29, 1.82) is 0 Å². The number of rotatable bonds is 3. The number of halogens is 1. The zero-order chi connectivity index (χ0) is 15.5.